The second kappa shape index (κ2) is 5.64. The van der Waals surface area contributed by atoms with Gasteiger partial charge in [0.05, 0.1) is 0 Å². The minimum absolute atomic E-state index is 0.0255. The highest BCUT2D eigenvalue weighted by atomic mass is 35.5. The first-order valence-electron chi connectivity index (χ1n) is 5.42. The van der Waals surface area contributed by atoms with Crippen molar-refractivity contribution in [2.45, 2.75) is 6.54 Å². The lowest BCUT2D eigenvalue weighted by Gasteiger charge is -2.09. The van der Waals surface area contributed by atoms with E-state index in [1.807, 2.05) is 18.2 Å². The van der Waals surface area contributed by atoms with Crippen molar-refractivity contribution in [3.05, 3.63) is 46.9 Å². The fraction of sp³-hybridized carbons (Fsp3) is 0.0833. The summed E-state index contributed by atoms with van der Waals surface area (Å²) in [6.45, 7) is 0.395. The Morgan fingerprint density at radius 3 is 2.95 bits per heavy atom. The number of carboxylic acids is 1. The van der Waals surface area contributed by atoms with E-state index < -0.39 is 5.97 Å². The van der Waals surface area contributed by atoms with Gasteiger partial charge in [-0.2, -0.15) is 4.98 Å². The van der Waals surface area contributed by atoms with Crippen molar-refractivity contribution in [2.75, 3.05) is 5.32 Å². The summed E-state index contributed by atoms with van der Waals surface area (Å²) in [4.78, 5) is 18.6. The molecule has 0 radical (unpaired) electrons. The molecule has 19 heavy (non-hydrogen) atoms. The lowest BCUT2D eigenvalue weighted by Crippen LogP contribution is -2.06. The molecule has 7 heteroatoms. The van der Waals surface area contributed by atoms with Crippen molar-refractivity contribution in [1.29, 1.82) is 0 Å². The van der Waals surface area contributed by atoms with Crippen LogP contribution < -0.4 is 11.1 Å². The van der Waals surface area contributed by atoms with Crippen molar-refractivity contribution in [2.24, 2.45) is 5.73 Å². The molecule has 1 heterocycles. The fourth-order valence-electron chi connectivity index (χ4n) is 1.52. The number of anilines is 2. The highest BCUT2D eigenvalue weighted by Gasteiger charge is 2.13. The maximum Gasteiger partial charge on any atom is 0.341 e. The van der Waals surface area contributed by atoms with Crippen LogP contribution in [0, 0.1) is 0 Å². The first-order valence-corrected chi connectivity index (χ1v) is 5.80. The molecular formula is C12H11ClN4O2. The predicted octanol–water partition coefficient (Wildman–Crippen LogP) is 2.03. The Balaban J connectivity index is 2.36. The van der Waals surface area contributed by atoms with Gasteiger partial charge in [-0.3, -0.25) is 0 Å². The van der Waals surface area contributed by atoms with Crippen molar-refractivity contribution in [3.63, 3.8) is 0 Å². The fourth-order valence-corrected chi connectivity index (χ4v) is 1.66. The van der Waals surface area contributed by atoms with E-state index in [-0.39, 0.29) is 16.7 Å². The van der Waals surface area contributed by atoms with Crippen LogP contribution in [0.3, 0.4) is 0 Å². The summed E-state index contributed by atoms with van der Waals surface area (Å²) in [6, 6.07) is 7.27. The Bertz CT molecular complexity index is 618. The minimum atomic E-state index is -1.13. The summed E-state index contributed by atoms with van der Waals surface area (Å²) in [5.74, 6) is -0.990. The number of rotatable bonds is 4. The standard InChI is InChI=1S/C12H11ClN4O2/c13-12-15-6-9(11(18)19)10(17-12)16-8-3-1-2-7(4-8)5-14/h1-4,6H,5,14H2,(H,18,19)(H,15,16,17). The summed E-state index contributed by atoms with van der Waals surface area (Å²) in [5.41, 5.74) is 7.09. The molecule has 0 saturated carbocycles. The molecule has 0 fully saturated rings. The average molecular weight is 279 g/mol. The molecule has 0 aliphatic heterocycles. The number of halogens is 1. The highest BCUT2D eigenvalue weighted by molar-refractivity contribution is 6.28. The molecule has 0 amide bonds. The van der Waals surface area contributed by atoms with E-state index in [0.717, 1.165) is 11.8 Å². The second-order valence-electron chi connectivity index (χ2n) is 3.74. The van der Waals surface area contributed by atoms with E-state index in [0.29, 0.717) is 12.2 Å². The van der Waals surface area contributed by atoms with Crippen LogP contribution in [0.25, 0.3) is 0 Å². The maximum absolute atomic E-state index is 11.1. The van der Waals surface area contributed by atoms with Gasteiger partial charge in [-0.25, -0.2) is 9.78 Å². The Labute approximate surface area is 114 Å². The van der Waals surface area contributed by atoms with Crippen LogP contribution in [-0.4, -0.2) is 21.0 Å². The van der Waals surface area contributed by atoms with E-state index in [2.05, 4.69) is 15.3 Å². The summed E-state index contributed by atoms with van der Waals surface area (Å²) < 4.78 is 0. The number of nitrogens with one attached hydrogen (secondary N) is 1. The molecule has 0 aliphatic rings. The number of hydrogen-bond donors (Lipinski definition) is 3. The number of aromatic nitrogens is 2. The molecule has 2 aromatic rings. The van der Waals surface area contributed by atoms with Crippen molar-refractivity contribution < 1.29 is 9.90 Å². The molecular weight excluding hydrogens is 268 g/mol. The zero-order valence-corrected chi connectivity index (χ0v) is 10.6. The van der Waals surface area contributed by atoms with Gasteiger partial charge in [0.2, 0.25) is 5.28 Å². The quantitative estimate of drug-likeness (QED) is 0.740. The van der Waals surface area contributed by atoms with Crippen LogP contribution in [0.15, 0.2) is 30.5 Å². The van der Waals surface area contributed by atoms with E-state index >= 15 is 0 Å². The monoisotopic (exact) mass is 278 g/mol. The average Bonchev–Trinajstić information content (AvgIpc) is 2.38. The predicted molar refractivity (Wildman–Crippen MR) is 71.6 cm³/mol. The van der Waals surface area contributed by atoms with Crippen LogP contribution in [0.2, 0.25) is 5.28 Å². The third kappa shape index (κ3) is 3.18. The number of hydrogen-bond acceptors (Lipinski definition) is 5. The number of carboxylic acid groups (broad SMARTS) is 1. The number of benzene rings is 1. The first kappa shape index (κ1) is 13.3. The normalized spacial score (nSPS) is 10.2. The molecule has 6 nitrogen and oxygen atoms in total. The first-order chi connectivity index (χ1) is 9.10. The van der Waals surface area contributed by atoms with Gasteiger partial charge in [0, 0.05) is 18.4 Å². The van der Waals surface area contributed by atoms with Gasteiger partial charge < -0.3 is 16.2 Å². The van der Waals surface area contributed by atoms with E-state index in [1.165, 1.54) is 0 Å². The van der Waals surface area contributed by atoms with Gasteiger partial charge in [-0.1, -0.05) is 12.1 Å². The summed E-state index contributed by atoms with van der Waals surface area (Å²) in [6.07, 6.45) is 1.16. The minimum Gasteiger partial charge on any atom is -0.477 e. The number of nitrogens with zero attached hydrogens (tertiary/aromatic N) is 2. The molecule has 4 N–H and O–H groups in total. The Morgan fingerprint density at radius 2 is 2.26 bits per heavy atom. The molecule has 0 saturated heterocycles. The van der Waals surface area contributed by atoms with Crippen LogP contribution in [0.4, 0.5) is 11.5 Å². The molecule has 98 valence electrons. The van der Waals surface area contributed by atoms with Crippen molar-refractivity contribution in [3.8, 4) is 0 Å². The third-order valence-corrected chi connectivity index (χ3v) is 2.60. The topological polar surface area (TPSA) is 101 Å². The molecule has 0 spiro atoms. The summed E-state index contributed by atoms with van der Waals surface area (Å²) >= 11 is 5.67. The lowest BCUT2D eigenvalue weighted by molar-refractivity contribution is 0.0697. The molecule has 0 unspecified atom stereocenters. The van der Waals surface area contributed by atoms with E-state index in [9.17, 15) is 4.79 Å². The van der Waals surface area contributed by atoms with Gasteiger partial charge in [-0.05, 0) is 29.3 Å². The van der Waals surface area contributed by atoms with Crippen LogP contribution in [0.1, 0.15) is 15.9 Å². The molecule has 2 rings (SSSR count). The van der Waals surface area contributed by atoms with E-state index in [4.69, 9.17) is 22.4 Å². The zero-order chi connectivity index (χ0) is 13.8. The van der Waals surface area contributed by atoms with Gasteiger partial charge in [0.1, 0.15) is 11.4 Å². The van der Waals surface area contributed by atoms with Crippen LogP contribution >= 0.6 is 11.6 Å². The molecule has 1 aromatic heterocycles. The van der Waals surface area contributed by atoms with Crippen molar-refractivity contribution in [1.82, 2.24) is 9.97 Å². The van der Waals surface area contributed by atoms with Crippen molar-refractivity contribution >= 4 is 29.1 Å². The van der Waals surface area contributed by atoms with Crippen LogP contribution in [0.5, 0.6) is 0 Å². The van der Waals surface area contributed by atoms with Gasteiger partial charge in [-0.15, -0.1) is 0 Å². The van der Waals surface area contributed by atoms with E-state index in [1.54, 1.807) is 6.07 Å². The third-order valence-electron chi connectivity index (χ3n) is 2.42. The highest BCUT2D eigenvalue weighted by Crippen LogP contribution is 2.20. The smallest absolute Gasteiger partial charge is 0.341 e. The molecule has 0 atom stereocenters. The van der Waals surface area contributed by atoms with Gasteiger partial charge in [0.15, 0.2) is 0 Å². The van der Waals surface area contributed by atoms with Crippen LogP contribution in [-0.2, 0) is 6.54 Å². The SMILES string of the molecule is NCc1cccc(Nc2nc(Cl)ncc2C(=O)O)c1. The summed E-state index contributed by atoms with van der Waals surface area (Å²) in [7, 11) is 0. The molecule has 0 bridgehead atoms. The van der Waals surface area contributed by atoms with Gasteiger partial charge >= 0.3 is 5.97 Å². The number of nitrogens with two attached hydrogens (primary N) is 1. The molecule has 1 aromatic carbocycles. The number of aromatic carboxylic acids is 1. The lowest BCUT2D eigenvalue weighted by atomic mass is 10.2. The number of carbonyl (C=O) groups is 1. The Hall–Kier alpha value is -2.18. The largest absolute Gasteiger partial charge is 0.477 e. The maximum atomic E-state index is 11.1. The zero-order valence-electron chi connectivity index (χ0n) is 9.80. The van der Waals surface area contributed by atoms with Gasteiger partial charge in [0.25, 0.3) is 0 Å². The summed E-state index contributed by atoms with van der Waals surface area (Å²) in [5, 5.41) is 11.9. The molecule has 0 aliphatic carbocycles. The Kier molecular flexibility index (Phi) is 3.94. The Morgan fingerprint density at radius 1 is 1.47 bits per heavy atom. The second-order valence-corrected chi connectivity index (χ2v) is 4.07.